The van der Waals surface area contributed by atoms with Crippen LogP contribution in [0.15, 0.2) is 48.5 Å². The normalized spacial score (nSPS) is 10.8. The maximum atomic E-state index is 12.3. The lowest BCUT2D eigenvalue weighted by atomic mass is 10.1. The molecule has 28 heavy (non-hydrogen) atoms. The van der Waals surface area contributed by atoms with E-state index in [1.807, 2.05) is 60.0 Å². The molecule has 0 saturated carbocycles. The Balaban J connectivity index is 1.64. The average molecular weight is 379 g/mol. The van der Waals surface area contributed by atoms with E-state index in [1.165, 1.54) is 0 Å². The number of nitrogens with one attached hydrogen (secondary N) is 1. The number of para-hydroxylation sites is 2. The molecule has 0 spiro atoms. The van der Waals surface area contributed by atoms with Crippen molar-refractivity contribution in [3.8, 4) is 0 Å². The molecule has 6 heteroatoms. The van der Waals surface area contributed by atoms with Crippen LogP contribution in [0, 0.1) is 6.92 Å². The highest BCUT2D eigenvalue weighted by Gasteiger charge is 2.14. The Bertz CT molecular complexity index is 978. The van der Waals surface area contributed by atoms with Crippen molar-refractivity contribution >= 4 is 22.9 Å². The largest absolute Gasteiger partial charge is 0.465 e. The highest BCUT2D eigenvalue weighted by atomic mass is 16.5. The highest BCUT2D eigenvalue weighted by molar-refractivity contribution is 5.95. The van der Waals surface area contributed by atoms with Gasteiger partial charge in [0.05, 0.1) is 17.6 Å². The summed E-state index contributed by atoms with van der Waals surface area (Å²) in [5, 5.41) is 2.96. The van der Waals surface area contributed by atoms with Crippen LogP contribution in [-0.4, -0.2) is 34.6 Å². The van der Waals surface area contributed by atoms with Crippen molar-refractivity contribution < 1.29 is 14.3 Å². The molecule has 0 bridgehead atoms. The molecule has 146 valence electrons. The fraction of sp³-hybridized carbons (Fsp3) is 0.318. The molecule has 1 N–H and O–H groups in total. The number of aromatic nitrogens is 2. The van der Waals surface area contributed by atoms with E-state index in [2.05, 4.69) is 10.3 Å². The van der Waals surface area contributed by atoms with Crippen LogP contribution in [0.25, 0.3) is 11.0 Å². The van der Waals surface area contributed by atoms with Crippen molar-refractivity contribution in [2.45, 2.75) is 33.2 Å². The van der Waals surface area contributed by atoms with E-state index in [-0.39, 0.29) is 18.4 Å². The van der Waals surface area contributed by atoms with Crippen LogP contribution in [0.2, 0.25) is 0 Å². The third-order valence-electron chi connectivity index (χ3n) is 4.58. The van der Waals surface area contributed by atoms with E-state index in [0.717, 1.165) is 28.8 Å². The second-order valence-corrected chi connectivity index (χ2v) is 6.58. The van der Waals surface area contributed by atoms with E-state index < -0.39 is 0 Å². The van der Waals surface area contributed by atoms with Crippen LogP contribution in [0.1, 0.15) is 35.1 Å². The number of aryl methyl sites for hydroxylation is 2. The maximum absolute atomic E-state index is 12.3. The molecule has 1 heterocycles. The molecule has 3 rings (SSSR count). The summed E-state index contributed by atoms with van der Waals surface area (Å²) in [7, 11) is 0. The Kier molecular flexibility index (Phi) is 6.42. The zero-order valence-corrected chi connectivity index (χ0v) is 16.3. The summed E-state index contributed by atoms with van der Waals surface area (Å²) in [6.07, 6.45) is 1.38. The molecule has 0 aliphatic carbocycles. The van der Waals surface area contributed by atoms with Gasteiger partial charge in [-0.2, -0.15) is 0 Å². The van der Waals surface area contributed by atoms with Crippen LogP contribution >= 0.6 is 0 Å². The highest BCUT2D eigenvalue weighted by Crippen LogP contribution is 2.17. The SMILES string of the molecule is CCOC(=O)Cn1c(CCCNC(=O)c2ccccc2C)nc2ccccc21. The second kappa shape index (κ2) is 9.17. The van der Waals surface area contributed by atoms with Gasteiger partial charge in [0, 0.05) is 18.5 Å². The van der Waals surface area contributed by atoms with Crippen LogP contribution < -0.4 is 5.32 Å². The summed E-state index contributed by atoms with van der Waals surface area (Å²) in [6.45, 7) is 4.75. The minimum Gasteiger partial charge on any atom is -0.465 e. The van der Waals surface area contributed by atoms with Crippen LogP contribution in [0.3, 0.4) is 0 Å². The lowest BCUT2D eigenvalue weighted by Gasteiger charge is -2.10. The zero-order valence-electron chi connectivity index (χ0n) is 16.3. The van der Waals surface area contributed by atoms with Crippen molar-refractivity contribution in [2.75, 3.05) is 13.2 Å². The Morgan fingerprint density at radius 1 is 1.11 bits per heavy atom. The molecule has 0 unspecified atom stereocenters. The zero-order chi connectivity index (χ0) is 19.9. The fourth-order valence-corrected chi connectivity index (χ4v) is 3.20. The topological polar surface area (TPSA) is 73.2 Å². The molecule has 0 aliphatic rings. The van der Waals surface area contributed by atoms with E-state index in [0.29, 0.717) is 25.1 Å². The van der Waals surface area contributed by atoms with E-state index in [1.54, 1.807) is 6.92 Å². The minimum atomic E-state index is -0.278. The monoisotopic (exact) mass is 379 g/mol. The first-order valence-electron chi connectivity index (χ1n) is 9.53. The molecule has 3 aromatic rings. The van der Waals surface area contributed by atoms with Crippen molar-refractivity contribution in [1.29, 1.82) is 0 Å². The van der Waals surface area contributed by atoms with E-state index in [9.17, 15) is 9.59 Å². The van der Waals surface area contributed by atoms with E-state index >= 15 is 0 Å². The maximum Gasteiger partial charge on any atom is 0.326 e. The van der Waals surface area contributed by atoms with Crippen LogP contribution in [-0.2, 0) is 22.5 Å². The number of fused-ring (bicyclic) bond motifs is 1. The van der Waals surface area contributed by atoms with Crippen molar-refractivity contribution in [3.05, 3.63) is 65.5 Å². The number of imidazole rings is 1. The average Bonchev–Trinajstić information content (AvgIpc) is 3.03. The Hall–Kier alpha value is -3.15. The van der Waals surface area contributed by atoms with Gasteiger partial charge in [-0.3, -0.25) is 9.59 Å². The van der Waals surface area contributed by atoms with Gasteiger partial charge in [-0.05, 0) is 44.0 Å². The van der Waals surface area contributed by atoms with Gasteiger partial charge < -0.3 is 14.6 Å². The molecule has 0 atom stereocenters. The first-order valence-corrected chi connectivity index (χ1v) is 9.53. The molecule has 0 aliphatic heterocycles. The molecule has 1 aromatic heterocycles. The number of nitrogens with zero attached hydrogens (tertiary/aromatic N) is 2. The van der Waals surface area contributed by atoms with E-state index in [4.69, 9.17) is 4.74 Å². The van der Waals surface area contributed by atoms with Crippen molar-refractivity contribution in [3.63, 3.8) is 0 Å². The molecule has 0 saturated heterocycles. The Morgan fingerprint density at radius 3 is 2.64 bits per heavy atom. The number of amides is 1. The first-order chi connectivity index (χ1) is 13.6. The quantitative estimate of drug-likeness (QED) is 0.482. The number of hydrogen-bond acceptors (Lipinski definition) is 4. The molecule has 6 nitrogen and oxygen atoms in total. The van der Waals surface area contributed by atoms with Gasteiger partial charge in [0.15, 0.2) is 0 Å². The third-order valence-corrected chi connectivity index (χ3v) is 4.58. The summed E-state index contributed by atoms with van der Waals surface area (Å²) >= 11 is 0. The summed E-state index contributed by atoms with van der Waals surface area (Å²) in [5.74, 6) is 0.470. The lowest BCUT2D eigenvalue weighted by Crippen LogP contribution is -2.25. The molecule has 0 fully saturated rings. The number of hydrogen-bond donors (Lipinski definition) is 1. The van der Waals surface area contributed by atoms with Gasteiger partial charge in [-0.25, -0.2) is 4.98 Å². The number of benzene rings is 2. The number of esters is 1. The molecule has 1 amide bonds. The van der Waals surface area contributed by atoms with Gasteiger partial charge in [0.2, 0.25) is 0 Å². The number of ether oxygens (including phenoxy) is 1. The van der Waals surface area contributed by atoms with Gasteiger partial charge >= 0.3 is 5.97 Å². The summed E-state index contributed by atoms with van der Waals surface area (Å²) in [6, 6.07) is 15.3. The minimum absolute atomic E-state index is 0.0712. The van der Waals surface area contributed by atoms with Gasteiger partial charge in [0.25, 0.3) is 5.91 Å². The number of carbonyl (C=O) groups excluding carboxylic acids is 2. The van der Waals surface area contributed by atoms with Gasteiger partial charge in [-0.1, -0.05) is 30.3 Å². The summed E-state index contributed by atoms with van der Waals surface area (Å²) in [5.41, 5.74) is 3.41. The molecular formula is C22H25N3O3. The number of carbonyl (C=O) groups is 2. The van der Waals surface area contributed by atoms with Crippen molar-refractivity contribution in [2.24, 2.45) is 0 Å². The molecule has 2 aromatic carbocycles. The standard InChI is InChI=1S/C22H25N3O3/c1-3-28-21(26)15-25-19-12-7-6-11-18(19)24-20(25)13-8-14-23-22(27)17-10-5-4-9-16(17)2/h4-7,9-12H,3,8,13-15H2,1-2H3,(H,23,27). The van der Waals surface area contributed by atoms with Crippen LogP contribution in [0.4, 0.5) is 0 Å². The number of rotatable bonds is 8. The first kappa shape index (κ1) is 19.6. The van der Waals surface area contributed by atoms with Crippen LogP contribution in [0.5, 0.6) is 0 Å². The molecular weight excluding hydrogens is 354 g/mol. The summed E-state index contributed by atoms with van der Waals surface area (Å²) in [4.78, 5) is 29.0. The predicted molar refractivity (Wildman–Crippen MR) is 108 cm³/mol. The predicted octanol–water partition coefficient (Wildman–Crippen LogP) is 3.27. The van der Waals surface area contributed by atoms with Crippen molar-refractivity contribution in [1.82, 2.24) is 14.9 Å². The molecule has 0 radical (unpaired) electrons. The Morgan fingerprint density at radius 2 is 1.86 bits per heavy atom. The van der Waals surface area contributed by atoms with Gasteiger partial charge in [0.1, 0.15) is 12.4 Å². The fourth-order valence-electron chi connectivity index (χ4n) is 3.20. The van der Waals surface area contributed by atoms with Gasteiger partial charge in [-0.15, -0.1) is 0 Å². The summed E-state index contributed by atoms with van der Waals surface area (Å²) < 4.78 is 6.99. The lowest BCUT2D eigenvalue weighted by molar-refractivity contribution is -0.143. The third kappa shape index (κ3) is 4.57. The second-order valence-electron chi connectivity index (χ2n) is 6.58. The Labute approximate surface area is 164 Å². The smallest absolute Gasteiger partial charge is 0.326 e.